The lowest BCUT2D eigenvalue weighted by atomic mass is 10.3. The van der Waals surface area contributed by atoms with Gasteiger partial charge in [-0.05, 0) is 0 Å². The summed E-state index contributed by atoms with van der Waals surface area (Å²) < 4.78 is 0. The van der Waals surface area contributed by atoms with Gasteiger partial charge in [0.2, 0.25) is 0 Å². The van der Waals surface area contributed by atoms with Crippen molar-refractivity contribution >= 4 is 23.6 Å². The summed E-state index contributed by atoms with van der Waals surface area (Å²) in [5.74, 6) is -1.98. The number of nitroso groups, excluding NO2 is 1. The maximum atomic E-state index is 10.4. The molecule has 0 heterocycles. The lowest BCUT2D eigenvalue weighted by molar-refractivity contribution is -0.134. The molecular formula is C5H8N2O4S. The number of carboxylic acids is 1. The highest BCUT2D eigenvalue weighted by Gasteiger charge is 2.13. The number of carboxylic acid groups (broad SMARTS) is 1. The molecule has 3 N–H and O–H groups in total. The molecule has 0 aliphatic heterocycles. The molecule has 0 bridgehead atoms. The number of hydrogen-bond donors (Lipinski definition) is 2. The lowest BCUT2D eigenvalue weighted by Crippen LogP contribution is -2.31. The summed E-state index contributed by atoms with van der Waals surface area (Å²) in [6.45, 7) is 0. The number of aliphatic carboxylic acids is 1. The maximum Gasteiger partial charge on any atom is 0.313 e. The molecule has 1 amide bonds. The fourth-order valence-electron chi connectivity index (χ4n) is 0.412. The third-order valence-electron chi connectivity index (χ3n) is 0.930. The van der Waals surface area contributed by atoms with E-state index in [9.17, 15) is 14.5 Å². The summed E-state index contributed by atoms with van der Waals surface area (Å²) in [6.07, 6.45) is 0. The first kappa shape index (κ1) is 11.1. The van der Waals surface area contributed by atoms with Gasteiger partial charge in [0.1, 0.15) is 0 Å². The molecule has 1 atom stereocenters. The first-order chi connectivity index (χ1) is 5.57. The van der Waals surface area contributed by atoms with Gasteiger partial charge in [-0.3, -0.25) is 9.59 Å². The van der Waals surface area contributed by atoms with Crippen molar-refractivity contribution in [2.24, 2.45) is 10.9 Å². The zero-order valence-electron chi connectivity index (χ0n) is 6.10. The van der Waals surface area contributed by atoms with E-state index in [2.05, 4.69) is 5.18 Å². The van der Waals surface area contributed by atoms with E-state index in [-0.39, 0.29) is 11.5 Å². The van der Waals surface area contributed by atoms with Crippen molar-refractivity contribution < 1.29 is 14.7 Å². The quantitative estimate of drug-likeness (QED) is 0.564. The summed E-state index contributed by atoms with van der Waals surface area (Å²) in [4.78, 5) is 30.0. The van der Waals surface area contributed by atoms with Crippen LogP contribution in [0.25, 0.3) is 0 Å². The Hall–Kier alpha value is -0.950. The molecule has 0 aromatic rings. The first-order valence-electron chi connectivity index (χ1n) is 3.00. The average Bonchev–Trinajstić information content (AvgIpc) is 2.02. The van der Waals surface area contributed by atoms with Gasteiger partial charge in [0.05, 0.1) is 11.8 Å². The van der Waals surface area contributed by atoms with Crippen molar-refractivity contribution in [1.82, 2.24) is 0 Å². The van der Waals surface area contributed by atoms with E-state index in [1.807, 2.05) is 0 Å². The third kappa shape index (κ3) is 4.80. The average molecular weight is 192 g/mol. The minimum Gasteiger partial charge on any atom is -0.481 e. The van der Waals surface area contributed by atoms with Gasteiger partial charge < -0.3 is 10.8 Å². The van der Waals surface area contributed by atoms with Gasteiger partial charge in [-0.25, -0.2) is 0 Å². The van der Waals surface area contributed by atoms with Crippen LogP contribution in [0.3, 0.4) is 0 Å². The molecular weight excluding hydrogens is 184 g/mol. The smallest absolute Gasteiger partial charge is 0.313 e. The highest BCUT2D eigenvalue weighted by Crippen LogP contribution is 2.01. The van der Waals surface area contributed by atoms with Gasteiger partial charge in [-0.2, -0.15) is 0 Å². The van der Waals surface area contributed by atoms with Crippen molar-refractivity contribution in [1.29, 1.82) is 0 Å². The molecule has 1 unspecified atom stereocenters. The van der Waals surface area contributed by atoms with Crippen LogP contribution >= 0.6 is 11.8 Å². The molecule has 6 nitrogen and oxygen atoms in total. The van der Waals surface area contributed by atoms with Crippen LogP contribution in [0, 0.1) is 4.91 Å². The van der Waals surface area contributed by atoms with Crippen LogP contribution < -0.4 is 5.73 Å². The van der Waals surface area contributed by atoms with Crippen molar-refractivity contribution in [3.05, 3.63) is 4.91 Å². The first-order valence-corrected chi connectivity index (χ1v) is 4.15. The van der Waals surface area contributed by atoms with E-state index in [4.69, 9.17) is 10.8 Å². The van der Waals surface area contributed by atoms with Crippen LogP contribution in [-0.2, 0) is 9.59 Å². The fraction of sp³-hybridized carbons (Fsp3) is 0.600. The Morgan fingerprint density at radius 3 is 2.58 bits per heavy atom. The molecule has 0 fully saturated rings. The van der Waals surface area contributed by atoms with Gasteiger partial charge in [0, 0.05) is 10.9 Å². The number of rotatable bonds is 5. The number of nitrogens with two attached hydrogens (primary N) is 1. The second kappa shape index (κ2) is 5.67. The molecule has 0 saturated heterocycles. The molecule has 7 heteroatoms. The monoisotopic (exact) mass is 192 g/mol. The molecule has 0 radical (unpaired) electrons. The number of carbonyl (C=O) groups excluding carboxylic acids is 1. The molecule has 0 rings (SSSR count). The van der Waals surface area contributed by atoms with E-state index in [1.165, 1.54) is 0 Å². The Bertz CT molecular complexity index is 196. The van der Waals surface area contributed by atoms with Gasteiger partial charge in [0.25, 0.3) is 0 Å². The molecule has 0 spiro atoms. The summed E-state index contributed by atoms with van der Waals surface area (Å²) in [6, 6.07) is -0.994. The second-order valence-electron chi connectivity index (χ2n) is 1.94. The molecule has 0 saturated carbocycles. The SMILES string of the molecule is NC(CSCC(=O)O)C(=O)N=O. The molecule has 12 heavy (non-hydrogen) atoms. The van der Waals surface area contributed by atoms with Gasteiger partial charge >= 0.3 is 11.9 Å². The van der Waals surface area contributed by atoms with Crippen LogP contribution in [-0.4, -0.2) is 34.5 Å². The zero-order valence-corrected chi connectivity index (χ0v) is 6.91. The van der Waals surface area contributed by atoms with Crippen LogP contribution in [0.2, 0.25) is 0 Å². The van der Waals surface area contributed by atoms with Crippen LogP contribution in [0.1, 0.15) is 0 Å². The van der Waals surface area contributed by atoms with Gasteiger partial charge in [-0.1, -0.05) is 0 Å². The minimum absolute atomic E-state index is 0.0941. The Labute approximate surface area is 72.5 Å². The number of nitrogens with zero attached hydrogens (tertiary/aromatic N) is 1. The van der Waals surface area contributed by atoms with Crippen molar-refractivity contribution in [2.45, 2.75) is 6.04 Å². The van der Waals surface area contributed by atoms with E-state index in [1.54, 1.807) is 0 Å². The Morgan fingerprint density at radius 2 is 2.17 bits per heavy atom. The minimum atomic E-state index is -0.994. The Balaban J connectivity index is 3.56. The van der Waals surface area contributed by atoms with Gasteiger partial charge in [-0.15, -0.1) is 16.7 Å². The predicted molar refractivity (Wildman–Crippen MR) is 43.7 cm³/mol. The predicted octanol–water partition coefficient (Wildman–Crippen LogP) is -0.575. The topological polar surface area (TPSA) is 110 Å². The molecule has 0 aromatic heterocycles. The summed E-state index contributed by atoms with van der Waals surface area (Å²) in [5.41, 5.74) is 5.16. The highest BCUT2D eigenvalue weighted by molar-refractivity contribution is 8.00. The van der Waals surface area contributed by atoms with E-state index >= 15 is 0 Å². The summed E-state index contributed by atoms with van der Waals surface area (Å²) in [5, 5.41) is 10.3. The lowest BCUT2D eigenvalue weighted by Gasteiger charge is -2.02. The van der Waals surface area contributed by atoms with Gasteiger partial charge in [0.15, 0.2) is 0 Å². The third-order valence-corrected chi connectivity index (χ3v) is 1.98. The van der Waals surface area contributed by atoms with E-state index in [0.717, 1.165) is 11.8 Å². The van der Waals surface area contributed by atoms with Crippen molar-refractivity contribution in [3.63, 3.8) is 0 Å². The Kier molecular flexibility index (Phi) is 5.22. The largest absolute Gasteiger partial charge is 0.481 e. The standard InChI is InChI=1S/C5H8N2O4S/c6-3(5(10)7-11)1-12-2-4(8)9/h3H,1-2,6H2,(H,8,9). The molecule has 68 valence electrons. The van der Waals surface area contributed by atoms with Crippen LogP contribution in [0.5, 0.6) is 0 Å². The normalized spacial score (nSPS) is 12.1. The number of amides is 1. The number of thioether (sulfide) groups is 1. The second-order valence-corrected chi connectivity index (χ2v) is 2.98. The summed E-state index contributed by atoms with van der Waals surface area (Å²) >= 11 is 0.969. The maximum absolute atomic E-state index is 10.4. The molecule has 0 aromatic carbocycles. The number of carbonyl (C=O) groups is 2. The van der Waals surface area contributed by atoms with E-state index < -0.39 is 17.9 Å². The van der Waals surface area contributed by atoms with Crippen molar-refractivity contribution in [3.8, 4) is 0 Å². The molecule has 0 aliphatic carbocycles. The molecule has 0 aliphatic rings. The summed E-state index contributed by atoms with van der Waals surface area (Å²) in [7, 11) is 0. The highest BCUT2D eigenvalue weighted by atomic mass is 32.2. The fourth-order valence-corrected chi connectivity index (χ4v) is 1.10. The Morgan fingerprint density at radius 1 is 1.58 bits per heavy atom. The van der Waals surface area contributed by atoms with Crippen molar-refractivity contribution in [2.75, 3.05) is 11.5 Å². The van der Waals surface area contributed by atoms with E-state index in [0.29, 0.717) is 0 Å². The van der Waals surface area contributed by atoms with Crippen LogP contribution in [0.15, 0.2) is 5.18 Å². The number of hydrogen-bond acceptors (Lipinski definition) is 5. The zero-order chi connectivity index (χ0) is 9.56. The van der Waals surface area contributed by atoms with Crippen LogP contribution in [0.4, 0.5) is 0 Å².